The smallest absolute Gasteiger partial charge is 0.275 e. The first-order valence-corrected chi connectivity index (χ1v) is 9.17. The molecule has 27 heavy (non-hydrogen) atoms. The van der Waals surface area contributed by atoms with Crippen LogP contribution in [0, 0.1) is 0 Å². The van der Waals surface area contributed by atoms with E-state index in [-0.39, 0.29) is 17.9 Å². The molecule has 0 aliphatic carbocycles. The van der Waals surface area contributed by atoms with Crippen LogP contribution >= 0.6 is 11.3 Å². The molecule has 7 nitrogen and oxygen atoms in total. The summed E-state index contributed by atoms with van der Waals surface area (Å²) in [6.45, 7) is 1.45. The van der Waals surface area contributed by atoms with Crippen molar-refractivity contribution >= 4 is 49.9 Å². The van der Waals surface area contributed by atoms with Gasteiger partial charge in [-0.15, -0.1) is 0 Å². The normalized spacial score (nSPS) is 15.9. The fraction of sp³-hybridized carbons (Fsp3) is 0.158. The summed E-state index contributed by atoms with van der Waals surface area (Å²) in [5.74, 6) is -0.464. The molecule has 4 rings (SSSR count). The number of fused-ring (bicyclic) bond motifs is 1. The summed E-state index contributed by atoms with van der Waals surface area (Å²) in [5.41, 5.74) is 2.75. The van der Waals surface area contributed by atoms with Crippen molar-refractivity contribution in [2.75, 3.05) is 10.6 Å². The molecule has 1 aliphatic heterocycles. The third-order valence-electron chi connectivity index (χ3n) is 4.03. The van der Waals surface area contributed by atoms with Crippen LogP contribution in [-0.4, -0.2) is 22.5 Å². The molecule has 1 atom stereocenters. The highest BCUT2D eigenvalue weighted by molar-refractivity contribution is 7.22. The predicted octanol–water partition coefficient (Wildman–Crippen LogP) is 3.71. The Bertz CT molecular complexity index is 1050. The fourth-order valence-electron chi connectivity index (χ4n) is 2.79. The fourth-order valence-corrected chi connectivity index (χ4v) is 3.69. The minimum atomic E-state index is -0.324. The van der Waals surface area contributed by atoms with Gasteiger partial charge >= 0.3 is 0 Å². The highest BCUT2D eigenvalue weighted by atomic mass is 32.1. The van der Waals surface area contributed by atoms with Crippen molar-refractivity contribution in [1.29, 1.82) is 0 Å². The quantitative estimate of drug-likeness (QED) is 0.722. The topological polar surface area (TPSA) is 92.7 Å². The standard InChI is InChI=1S/C19H16N4O3S/c1-11(24)20-13-7-8-14-17(9-13)27-19(21-14)22-18(25)15-10-16(26-23-15)12-5-3-2-4-6-12/h2-9,16H,10H2,1H3,(H,20,24)(H,21,22,25)/t16-/m0/s1. The third kappa shape index (κ3) is 3.80. The first-order valence-electron chi connectivity index (χ1n) is 8.35. The van der Waals surface area contributed by atoms with Gasteiger partial charge in [0.1, 0.15) is 5.71 Å². The van der Waals surface area contributed by atoms with E-state index in [0.717, 1.165) is 15.8 Å². The molecule has 8 heteroatoms. The number of thiazole rings is 1. The number of anilines is 2. The summed E-state index contributed by atoms with van der Waals surface area (Å²) in [6, 6.07) is 15.1. The molecule has 1 aliphatic rings. The number of amides is 2. The number of nitrogens with zero attached hydrogens (tertiary/aromatic N) is 2. The summed E-state index contributed by atoms with van der Waals surface area (Å²) >= 11 is 1.33. The van der Waals surface area contributed by atoms with E-state index in [1.54, 1.807) is 12.1 Å². The summed E-state index contributed by atoms with van der Waals surface area (Å²) in [5, 5.41) is 9.90. The number of aromatic nitrogens is 1. The zero-order valence-electron chi connectivity index (χ0n) is 14.4. The summed E-state index contributed by atoms with van der Waals surface area (Å²) < 4.78 is 0.864. The molecule has 0 fully saturated rings. The summed E-state index contributed by atoms with van der Waals surface area (Å²) in [7, 11) is 0. The average molecular weight is 380 g/mol. The van der Waals surface area contributed by atoms with Crippen molar-refractivity contribution in [2.45, 2.75) is 19.4 Å². The van der Waals surface area contributed by atoms with Crippen LogP contribution in [0.15, 0.2) is 53.7 Å². The summed E-state index contributed by atoms with van der Waals surface area (Å²) in [6.07, 6.45) is 0.162. The van der Waals surface area contributed by atoms with Crippen molar-refractivity contribution < 1.29 is 14.4 Å². The second kappa shape index (κ2) is 7.16. The van der Waals surface area contributed by atoms with Gasteiger partial charge in [-0.05, 0) is 23.8 Å². The van der Waals surface area contributed by atoms with Gasteiger partial charge in [-0.3, -0.25) is 14.9 Å². The Morgan fingerprint density at radius 1 is 1.15 bits per heavy atom. The Kier molecular flexibility index (Phi) is 4.55. The van der Waals surface area contributed by atoms with Crippen LogP contribution in [0.2, 0.25) is 0 Å². The number of carbonyl (C=O) groups is 2. The zero-order valence-corrected chi connectivity index (χ0v) is 15.2. The lowest BCUT2D eigenvalue weighted by atomic mass is 10.0. The van der Waals surface area contributed by atoms with Crippen LogP contribution in [0.4, 0.5) is 10.8 Å². The van der Waals surface area contributed by atoms with Gasteiger partial charge in [-0.25, -0.2) is 4.98 Å². The van der Waals surface area contributed by atoms with E-state index in [9.17, 15) is 9.59 Å². The van der Waals surface area contributed by atoms with Gasteiger partial charge in [0.2, 0.25) is 5.91 Å². The first kappa shape index (κ1) is 17.2. The third-order valence-corrected chi connectivity index (χ3v) is 4.97. The Labute approximate surface area is 159 Å². The molecular formula is C19H16N4O3S. The molecule has 2 aromatic carbocycles. The molecule has 0 bridgehead atoms. The molecule has 2 heterocycles. The Morgan fingerprint density at radius 3 is 2.74 bits per heavy atom. The molecule has 2 amide bonds. The minimum absolute atomic E-state index is 0.139. The minimum Gasteiger partial charge on any atom is -0.387 e. The Morgan fingerprint density at radius 2 is 1.96 bits per heavy atom. The molecule has 0 saturated carbocycles. The van der Waals surface area contributed by atoms with E-state index in [1.807, 2.05) is 36.4 Å². The van der Waals surface area contributed by atoms with E-state index in [2.05, 4.69) is 20.8 Å². The number of benzene rings is 2. The van der Waals surface area contributed by atoms with Crippen molar-refractivity contribution in [1.82, 2.24) is 4.98 Å². The predicted molar refractivity (Wildman–Crippen MR) is 105 cm³/mol. The zero-order chi connectivity index (χ0) is 18.8. The monoisotopic (exact) mass is 380 g/mol. The second-order valence-electron chi connectivity index (χ2n) is 6.08. The van der Waals surface area contributed by atoms with E-state index in [1.165, 1.54) is 18.3 Å². The van der Waals surface area contributed by atoms with E-state index < -0.39 is 0 Å². The largest absolute Gasteiger partial charge is 0.387 e. The van der Waals surface area contributed by atoms with Crippen molar-refractivity contribution in [3.63, 3.8) is 0 Å². The van der Waals surface area contributed by atoms with Gasteiger partial charge < -0.3 is 10.2 Å². The van der Waals surface area contributed by atoms with Crippen molar-refractivity contribution in [3.05, 3.63) is 54.1 Å². The second-order valence-corrected chi connectivity index (χ2v) is 7.11. The lowest BCUT2D eigenvalue weighted by Gasteiger charge is -2.07. The summed E-state index contributed by atoms with van der Waals surface area (Å²) in [4.78, 5) is 33.4. The maximum Gasteiger partial charge on any atom is 0.275 e. The Hall–Kier alpha value is -3.26. The van der Waals surface area contributed by atoms with Crippen molar-refractivity contribution in [3.8, 4) is 0 Å². The van der Waals surface area contributed by atoms with Crippen LogP contribution in [0.25, 0.3) is 10.2 Å². The highest BCUT2D eigenvalue weighted by Crippen LogP contribution is 2.30. The van der Waals surface area contributed by atoms with Gasteiger partial charge in [0.25, 0.3) is 5.91 Å². The van der Waals surface area contributed by atoms with Crippen LogP contribution < -0.4 is 10.6 Å². The maximum atomic E-state index is 12.5. The van der Waals surface area contributed by atoms with Crippen LogP contribution in [0.5, 0.6) is 0 Å². The van der Waals surface area contributed by atoms with Crippen molar-refractivity contribution in [2.24, 2.45) is 5.16 Å². The SMILES string of the molecule is CC(=O)Nc1ccc2nc(NC(=O)C3=NO[C@H](c4ccccc4)C3)sc2c1. The van der Waals surface area contributed by atoms with Gasteiger partial charge in [0.05, 0.1) is 10.2 Å². The van der Waals surface area contributed by atoms with Crippen LogP contribution in [0.3, 0.4) is 0 Å². The van der Waals surface area contributed by atoms with E-state index in [0.29, 0.717) is 23.0 Å². The number of rotatable bonds is 4. The van der Waals surface area contributed by atoms with E-state index in [4.69, 9.17) is 4.84 Å². The number of oxime groups is 1. The van der Waals surface area contributed by atoms with Gasteiger partial charge in [0.15, 0.2) is 11.2 Å². The Balaban J connectivity index is 1.44. The number of carbonyl (C=O) groups excluding carboxylic acids is 2. The average Bonchev–Trinajstić information content (AvgIpc) is 3.28. The lowest BCUT2D eigenvalue weighted by molar-refractivity contribution is -0.114. The highest BCUT2D eigenvalue weighted by Gasteiger charge is 2.27. The molecule has 0 radical (unpaired) electrons. The molecule has 0 spiro atoms. The number of hydrogen-bond acceptors (Lipinski definition) is 6. The molecule has 3 aromatic rings. The van der Waals surface area contributed by atoms with Gasteiger partial charge in [0, 0.05) is 19.0 Å². The molecule has 0 saturated heterocycles. The molecule has 1 aromatic heterocycles. The molecule has 136 valence electrons. The van der Waals surface area contributed by atoms with Gasteiger partial charge in [-0.2, -0.15) is 0 Å². The molecular weight excluding hydrogens is 364 g/mol. The number of hydrogen-bond donors (Lipinski definition) is 2. The number of nitrogens with one attached hydrogen (secondary N) is 2. The van der Waals surface area contributed by atoms with E-state index >= 15 is 0 Å². The van der Waals surface area contributed by atoms with Crippen LogP contribution in [0.1, 0.15) is 25.0 Å². The maximum absolute atomic E-state index is 12.5. The van der Waals surface area contributed by atoms with Gasteiger partial charge in [-0.1, -0.05) is 46.8 Å². The van der Waals surface area contributed by atoms with Crippen LogP contribution in [-0.2, 0) is 14.4 Å². The first-order chi connectivity index (χ1) is 13.1. The lowest BCUT2D eigenvalue weighted by Crippen LogP contribution is -2.21. The molecule has 2 N–H and O–H groups in total. The molecule has 0 unspecified atom stereocenters.